The lowest BCUT2D eigenvalue weighted by molar-refractivity contribution is -0.125. The molecular weight excluding hydrogens is 404 g/mol. The molecule has 0 saturated carbocycles. The quantitative estimate of drug-likeness (QED) is 0.659. The fourth-order valence-corrected chi connectivity index (χ4v) is 5.03. The number of hydrogen-bond donors (Lipinski definition) is 2. The van der Waals surface area contributed by atoms with Gasteiger partial charge in [-0.2, -0.15) is 0 Å². The average Bonchev–Trinajstić information content (AvgIpc) is 3.14. The highest BCUT2D eigenvalue weighted by Gasteiger charge is 2.31. The molecule has 160 valence electrons. The number of methoxy groups -OCH3 is 1. The van der Waals surface area contributed by atoms with E-state index < -0.39 is 6.10 Å². The SMILES string of the molecule is COCCCNC(=O)c1c(NC(=O)[C@@H]2COc3ccccc3O2)sc2c1CCCC2. The number of carbonyl (C=O) groups is 2. The number of nitrogens with one attached hydrogen (secondary N) is 2. The van der Waals surface area contributed by atoms with E-state index >= 15 is 0 Å². The molecule has 1 aliphatic heterocycles. The van der Waals surface area contributed by atoms with Crippen LogP contribution >= 0.6 is 11.3 Å². The number of rotatable bonds is 7. The summed E-state index contributed by atoms with van der Waals surface area (Å²) < 4.78 is 16.5. The second-order valence-electron chi connectivity index (χ2n) is 7.37. The Kier molecular flexibility index (Phi) is 6.54. The molecule has 2 N–H and O–H groups in total. The Balaban J connectivity index is 1.50. The van der Waals surface area contributed by atoms with Crippen molar-refractivity contribution in [3.05, 3.63) is 40.3 Å². The topological polar surface area (TPSA) is 85.9 Å². The number of fused-ring (bicyclic) bond motifs is 2. The van der Waals surface area contributed by atoms with Crippen molar-refractivity contribution < 1.29 is 23.8 Å². The molecule has 0 spiro atoms. The smallest absolute Gasteiger partial charge is 0.269 e. The summed E-state index contributed by atoms with van der Waals surface area (Å²) in [7, 11) is 1.64. The summed E-state index contributed by atoms with van der Waals surface area (Å²) in [5.41, 5.74) is 1.66. The summed E-state index contributed by atoms with van der Waals surface area (Å²) in [6.45, 7) is 1.25. The molecule has 2 aliphatic rings. The minimum absolute atomic E-state index is 0.131. The van der Waals surface area contributed by atoms with Crippen LogP contribution in [-0.2, 0) is 22.4 Å². The second kappa shape index (κ2) is 9.49. The lowest BCUT2D eigenvalue weighted by Crippen LogP contribution is -2.40. The van der Waals surface area contributed by atoms with Crippen LogP contribution in [0.25, 0.3) is 0 Å². The van der Waals surface area contributed by atoms with Gasteiger partial charge in [0.1, 0.15) is 11.6 Å². The molecule has 0 unspecified atom stereocenters. The molecular formula is C22H26N2O5S. The van der Waals surface area contributed by atoms with Crippen LogP contribution in [0, 0.1) is 0 Å². The number of ether oxygens (including phenoxy) is 3. The summed E-state index contributed by atoms with van der Waals surface area (Å²) in [6.07, 6.45) is 3.93. The van der Waals surface area contributed by atoms with Crippen LogP contribution in [0.4, 0.5) is 5.00 Å². The van der Waals surface area contributed by atoms with E-state index in [0.717, 1.165) is 37.7 Å². The monoisotopic (exact) mass is 430 g/mol. The molecule has 0 saturated heterocycles. The lowest BCUT2D eigenvalue weighted by atomic mass is 9.95. The number of anilines is 1. The molecule has 0 radical (unpaired) electrons. The van der Waals surface area contributed by atoms with Crippen LogP contribution in [0.15, 0.2) is 24.3 Å². The van der Waals surface area contributed by atoms with Crippen LogP contribution in [0.3, 0.4) is 0 Å². The van der Waals surface area contributed by atoms with Gasteiger partial charge in [-0.1, -0.05) is 12.1 Å². The molecule has 2 heterocycles. The van der Waals surface area contributed by atoms with E-state index in [2.05, 4.69) is 10.6 Å². The highest BCUT2D eigenvalue weighted by Crippen LogP contribution is 2.38. The van der Waals surface area contributed by atoms with E-state index in [1.807, 2.05) is 18.2 Å². The predicted octanol–water partition coefficient (Wildman–Crippen LogP) is 3.17. The lowest BCUT2D eigenvalue weighted by Gasteiger charge is -2.25. The molecule has 1 aromatic heterocycles. The van der Waals surface area contributed by atoms with Gasteiger partial charge in [-0.05, 0) is 49.8 Å². The molecule has 8 heteroatoms. The molecule has 2 amide bonds. The minimum atomic E-state index is -0.767. The molecule has 1 atom stereocenters. The first-order valence-electron chi connectivity index (χ1n) is 10.3. The highest BCUT2D eigenvalue weighted by molar-refractivity contribution is 7.17. The molecule has 7 nitrogen and oxygen atoms in total. The van der Waals surface area contributed by atoms with Crippen molar-refractivity contribution in [1.29, 1.82) is 0 Å². The van der Waals surface area contributed by atoms with Gasteiger partial charge in [0.15, 0.2) is 11.5 Å². The first-order chi connectivity index (χ1) is 14.7. The van der Waals surface area contributed by atoms with Crippen LogP contribution < -0.4 is 20.1 Å². The highest BCUT2D eigenvalue weighted by atomic mass is 32.1. The van der Waals surface area contributed by atoms with E-state index in [-0.39, 0.29) is 18.4 Å². The largest absolute Gasteiger partial charge is 0.485 e. The van der Waals surface area contributed by atoms with Crippen LogP contribution in [0.1, 0.15) is 40.1 Å². The average molecular weight is 431 g/mol. The maximum Gasteiger partial charge on any atom is 0.269 e. The third-order valence-electron chi connectivity index (χ3n) is 5.25. The molecule has 1 aromatic carbocycles. The normalized spacial score (nSPS) is 17.2. The van der Waals surface area contributed by atoms with E-state index in [1.54, 1.807) is 13.2 Å². The summed E-state index contributed by atoms with van der Waals surface area (Å²) in [6, 6.07) is 7.28. The molecule has 30 heavy (non-hydrogen) atoms. The molecule has 2 aromatic rings. The molecule has 1 aliphatic carbocycles. The number of carbonyl (C=O) groups excluding carboxylic acids is 2. The van der Waals surface area contributed by atoms with E-state index in [0.29, 0.717) is 35.2 Å². The number of aryl methyl sites for hydroxylation is 1. The van der Waals surface area contributed by atoms with Crippen molar-refractivity contribution in [3.8, 4) is 11.5 Å². The van der Waals surface area contributed by atoms with Gasteiger partial charge in [0, 0.05) is 25.1 Å². The Labute approximate surface area is 179 Å². The van der Waals surface area contributed by atoms with Crippen LogP contribution in [0.2, 0.25) is 0 Å². The van der Waals surface area contributed by atoms with Gasteiger partial charge in [0.05, 0.1) is 5.56 Å². The zero-order valence-electron chi connectivity index (χ0n) is 17.0. The van der Waals surface area contributed by atoms with E-state index in [4.69, 9.17) is 14.2 Å². The Morgan fingerprint density at radius 2 is 2.00 bits per heavy atom. The van der Waals surface area contributed by atoms with Gasteiger partial charge in [-0.25, -0.2) is 0 Å². The Hall–Kier alpha value is -2.58. The molecule has 0 bridgehead atoms. The van der Waals surface area contributed by atoms with Crippen molar-refractivity contribution >= 4 is 28.2 Å². The van der Waals surface area contributed by atoms with Crippen molar-refractivity contribution in [1.82, 2.24) is 5.32 Å². The van der Waals surface area contributed by atoms with Gasteiger partial charge < -0.3 is 24.8 Å². The van der Waals surface area contributed by atoms with Gasteiger partial charge >= 0.3 is 0 Å². The van der Waals surface area contributed by atoms with Gasteiger partial charge in [0.25, 0.3) is 11.8 Å². The fraction of sp³-hybridized carbons (Fsp3) is 0.455. The third-order valence-corrected chi connectivity index (χ3v) is 6.45. The van der Waals surface area contributed by atoms with Gasteiger partial charge in [-0.3, -0.25) is 9.59 Å². The van der Waals surface area contributed by atoms with E-state index in [1.165, 1.54) is 16.2 Å². The summed E-state index contributed by atoms with van der Waals surface area (Å²) in [5.74, 6) is 0.721. The molecule has 4 rings (SSSR count). The van der Waals surface area contributed by atoms with Gasteiger partial charge in [0.2, 0.25) is 6.10 Å². The van der Waals surface area contributed by atoms with Crippen molar-refractivity contribution in [2.75, 3.05) is 32.2 Å². The van der Waals surface area contributed by atoms with Crippen molar-refractivity contribution in [3.63, 3.8) is 0 Å². The zero-order chi connectivity index (χ0) is 20.9. The van der Waals surface area contributed by atoms with Crippen molar-refractivity contribution in [2.24, 2.45) is 0 Å². The minimum Gasteiger partial charge on any atom is -0.485 e. The van der Waals surface area contributed by atoms with Crippen LogP contribution in [-0.4, -0.2) is 44.8 Å². The van der Waals surface area contributed by atoms with Gasteiger partial charge in [-0.15, -0.1) is 11.3 Å². The number of benzene rings is 1. The van der Waals surface area contributed by atoms with Crippen molar-refractivity contribution in [2.45, 2.75) is 38.2 Å². The second-order valence-corrected chi connectivity index (χ2v) is 8.48. The molecule has 0 fully saturated rings. The first kappa shape index (κ1) is 20.7. The maximum atomic E-state index is 12.9. The Morgan fingerprint density at radius 1 is 1.20 bits per heavy atom. The fourth-order valence-electron chi connectivity index (χ4n) is 3.74. The first-order valence-corrected chi connectivity index (χ1v) is 11.1. The Morgan fingerprint density at radius 3 is 2.83 bits per heavy atom. The van der Waals surface area contributed by atoms with Crippen LogP contribution in [0.5, 0.6) is 11.5 Å². The Bertz CT molecular complexity index is 926. The number of amides is 2. The zero-order valence-corrected chi connectivity index (χ0v) is 17.8. The number of thiophene rings is 1. The summed E-state index contributed by atoms with van der Waals surface area (Å²) in [5, 5.41) is 6.49. The van der Waals surface area contributed by atoms with E-state index in [9.17, 15) is 9.59 Å². The standard InChI is InChI=1S/C22H26N2O5S/c1-27-12-6-11-23-21(26)19-14-7-2-5-10-18(14)30-22(19)24-20(25)17-13-28-15-8-3-4-9-16(15)29-17/h3-4,8-9,17H,2,5-7,10-13H2,1H3,(H,23,26)(H,24,25)/t17-/m0/s1. The summed E-state index contributed by atoms with van der Waals surface area (Å²) >= 11 is 1.50. The maximum absolute atomic E-state index is 12.9. The summed E-state index contributed by atoms with van der Waals surface area (Å²) in [4.78, 5) is 27.0. The number of hydrogen-bond acceptors (Lipinski definition) is 6. The number of para-hydroxylation sites is 2. The predicted molar refractivity (Wildman–Crippen MR) is 115 cm³/mol. The third kappa shape index (κ3) is 4.44.